The Balaban J connectivity index is 3.28. The second-order valence-corrected chi connectivity index (χ2v) is 2.24. The van der Waals surface area contributed by atoms with Gasteiger partial charge in [0.2, 0.25) is 0 Å². The summed E-state index contributed by atoms with van der Waals surface area (Å²) in [5.41, 5.74) is -0.0133. The largest absolute Gasteiger partial charge is 0.477 e. The fraction of sp³-hybridized carbons (Fsp3) is 0.125. The van der Waals surface area contributed by atoms with Crippen LogP contribution >= 0.6 is 0 Å². The maximum Gasteiger partial charge on any atom is 0.426 e. The van der Waals surface area contributed by atoms with Gasteiger partial charge in [-0.05, 0) is 13.0 Å². The highest BCUT2D eigenvalue weighted by atomic mass is 16.4. The molecule has 13 heavy (non-hydrogen) atoms. The van der Waals surface area contributed by atoms with Gasteiger partial charge in [-0.3, -0.25) is 0 Å². The van der Waals surface area contributed by atoms with Crippen LogP contribution in [0, 0.1) is 6.57 Å². The van der Waals surface area contributed by atoms with Crippen LogP contribution in [-0.2, 0) is 0 Å². The standard InChI is InChI=1S/C8H7N3O2/c1-3-4-11-7(9-2)6(5-10-11)8(12)13/h2-5H,1H3/p+1/b4-3-. The zero-order valence-electron chi connectivity index (χ0n) is 7.01. The van der Waals surface area contributed by atoms with E-state index in [1.165, 1.54) is 10.9 Å². The molecule has 5 heteroatoms. The van der Waals surface area contributed by atoms with Gasteiger partial charge in [-0.15, -0.1) is 0 Å². The lowest BCUT2D eigenvalue weighted by molar-refractivity contribution is 0.0698. The van der Waals surface area contributed by atoms with Gasteiger partial charge in [-0.1, -0.05) is 9.78 Å². The van der Waals surface area contributed by atoms with Gasteiger partial charge in [0, 0.05) is 0 Å². The number of nitrogens with zero attached hydrogens (tertiary/aromatic N) is 3. The van der Waals surface area contributed by atoms with E-state index in [1.54, 1.807) is 19.2 Å². The molecule has 1 N–H and O–H groups in total. The van der Waals surface area contributed by atoms with E-state index in [0.29, 0.717) is 0 Å². The van der Waals surface area contributed by atoms with Gasteiger partial charge in [-0.2, -0.15) is 4.85 Å². The van der Waals surface area contributed by atoms with Gasteiger partial charge in [0.25, 0.3) is 0 Å². The summed E-state index contributed by atoms with van der Waals surface area (Å²) in [5.74, 6) is -0.967. The van der Waals surface area contributed by atoms with Gasteiger partial charge in [0.15, 0.2) is 5.56 Å². The quantitative estimate of drug-likeness (QED) is 0.749. The van der Waals surface area contributed by atoms with Crippen molar-refractivity contribution in [3.8, 4) is 6.57 Å². The predicted molar refractivity (Wildman–Crippen MR) is 48.2 cm³/mol. The van der Waals surface area contributed by atoms with E-state index in [-0.39, 0.29) is 11.4 Å². The fourth-order valence-corrected chi connectivity index (χ4v) is 0.886. The molecule has 0 unspecified atom stereocenters. The van der Waals surface area contributed by atoms with Gasteiger partial charge in [0.05, 0.1) is 6.20 Å². The van der Waals surface area contributed by atoms with Gasteiger partial charge >= 0.3 is 11.8 Å². The monoisotopic (exact) mass is 178 g/mol. The molecule has 0 atom stereocenters. The number of carboxylic acid groups (broad SMARTS) is 1. The van der Waals surface area contributed by atoms with Gasteiger partial charge in [0.1, 0.15) is 12.8 Å². The Morgan fingerprint density at radius 2 is 2.54 bits per heavy atom. The van der Waals surface area contributed by atoms with E-state index in [4.69, 9.17) is 11.7 Å². The lowest BCUT2D eigenvalue weighted by Gasteiger charge is -1.82. The van der Waals surface area contributed by atoms with Crippen LogP contribution in [0.15, 0.2) is 12.3 Å². The Morgan fingerprint density at radius 3 is 3.00 bits per heavy atom. The number of hydrogen-bond donors (Lipinski definition) is 1. The van der Waals surface area contributed by atoms with Crippen molar-refractivity contribution in [2.75, 3.05) is 0 Å². The second kappa shape index (κ2) is 3.54. The third-order valence-electron chi connectivity index (χ3n) is 1.41. The molecule has 0 aromatic carbocycles. The molecule has 0 fully saturated rings. The third-order valence-corrected chi connectivity index (χ3v) is 1.41. The van der Waals surface area contributed by atoms with Crippen molar-refractivity contribution in [1.82, 2.24) is 9.78 Å². The molecule has 1 aromatic heterocycles. The van der Waals surface area contributed by atoms with Crippen LogP contribution in [0.25, 0.3) is 11.0 Å². The Kier molecular flexibility index (Phi) is 2.45. The van der Waals surface area contributed by atoms with Crippen molar-refractivity contribution in [3.05, 3.63) is 22.7 Å². The summed E-state index contributed by atoms with van der Waals surface area (Å²) in [4.78, 5) is 13.9. The molecule has 0 aliphatic heterocycles. The first-order chi connectivity index (χ1) is 6.20. The van der Waals surface area contributed by atoms with Crippen LogP contribution in [0.3, 0.4) is 0 Å². The molecule has 0 aliphatic rings. The van der Waals surface area contributed by atoms with Crippen molar-refractivity contribution >= 4 is 18.0 Å². The number of hydrogen-bond acceptors (Lipinski definition) is 2. The van der Waals surface area contributed by atoms with Crippen LogP contribution < -0.4 is 0 Å². The lowest BCUT2D eigenvalue weighted by atomic mass is 10.3. The van der Waals surface area contributed by atoms with Crippen LogP contribution in [-0.4, -0.2) is 20.9 Å². The van der Waals surface area contributed by atoms with Crippen molar-refractivity contribution in [2.45, 2.75) is 6.92 Å². The highest BCUT2D eigenvalue weighted by Gasteiger charge is 2.23. The molecule has 5 nitrogen and oxygen atoms in total. The molecular weight excluding hydrogens is 170 g/mol. The molecule has 1 heterocycles. The van der Waals surface area contributed by atoms with Gasteiger partial charge in [-0.25, -0.2) is 4.79 Å². The van der Waals surface area contributed by atoms with E-state index < -0.39 is 5.97 Å². The SMILES string of the molecule is C#[N+]c1c(C(=O)O)cnn1/C=C\C. The number of aromatic carboxylic acids is 1. The first kappa shape index (κ1) is 9.00. The molecular formula is C8H8N3O2+. The highest BCUT2D eigenvalue weighted by Crippen LogP contribution is 2.18. The molecule has 0 bridgehead atoms. The number of rotatable bonds is 2. The van der Waals surface area contributed by atoms with Gasteiger partial charge < -0.3 is 5.11 Å². The minimum absolute atomic E-state index is 0.0133. The Bertz CT molecular complexity index is 398. The third kappa shape index (κ3) is 1.56. The summed E-state index contributed by atoms with van der Waals surface area (Å²) in [6, 6.07) is 0. The Hall–Kier alpha value is -2.09. The summed E-state index contributed by atoms with van der Waals surface area (Å²) in [6.45, 7) is 6.81. The minimum Gasteiger partial charge on any atom is -0.477 e. The van der Waals surface area contributed by atoms with Crippen LogP contribution in [0.1, 0.15) is 17.3 Å². The van der Waals surface area contributed by atoms with E-state index in [1.807, 2.05) is 0 Å². The number of carbonyl (C=O) groups is 1. The Morgan fingerprint density at radius 1 is 1.85 bits per heavy atom. The lowest BCUT2D eigenvalue weighted by Crippen LogP contribution is -1.94. The zero-order chi connectivity index (χ0) is 9.84. The summed E-state index contributed by atoms with van der Waals surface area (Å²) >= 11 is 0. The van der Waals surface area contributed by atoms with E-state index in [0.717, 1.165) is 0 Å². The number of aromatic nitrogens is 2. The van der Waals surface area contributed by atoms with Crippen molar-refractivity contribution in [2.24, 2.45) is 0 Å². The molecule has 0 spiro atoms. The zero-order valence-corrected chi connectivity index (χ0v) is 7.01. The predicted octanol–water partition coefficient (Wildman–Crippen LogP) is 1.67. The summed E-state index contributed by atoms with van der Waals surface area (Å²) in [7, 11) is 0. The molecule has 0 saturated carbocycles. The van der Waals surface area contributed by atoms with Crippen LogP contribution in [0.5, 0.6) is 0 Å². The molecule has 0 radical (unpaired) electrons. The fourth-order valence-electron chi connectivity index (χ4n) is 0.886. The van der Waals surface area contributed by atoms with E-state index in [9.17, 15) is 4.79 Å². The minimum atomic E-state index is -1.10. The summed E-state index contributed by atoms with van der Waals surface area (Å²) in [5, 5.41) is 12.5. The first-order valence-corrected chi connectivity index (χ1v) is 3.55. The van der Waals surface area contributed by atoms with Crippen LogP contribution in [0.2, 0.25) is 0 Å². The second-order valence-electron chi connectivity index (χ2n) is 2.24. The van der Waals surface area contributed by atoms with Crippen molar-refractivity contribution < 1.29 is 9.90 Å². The van der Waals surface area contributed by atoms with Crippen molar-refractivity contribution in [1.29, 1.82) is 0 Å². The van der Waals surface area contributed by atoms with E-state index >= 15 is 0 Å². The molecule has 0 aliphatic carbocycles. The topological polar surface area (TPSA) is 59.5 Å². The molecule has 0 amide bonds. The smallest absolute Gasteiger partial charge is 0.426 e. The summed E-state index contributed by atoms with van der Waals surface area (Å²) in [6.07, 6.45) is 4.47. The van der Waals surface area contributed by atoms with Crippen molar-refractivity contribution in [3.63, 3.8) is 0 Å². The maximum absolute atomic E-state index is 10.6. The first-order valence-electron chi connectivity index (χ1n) is 3.55. The summed E-state index contributed by atoms with van der Waals surface area (Å²) < 4.78 is 1.30. The average molecular weight is 178 g/mol. The average Bonchev–Trinajstić information content (AvgIpc) is 2.48. The maximum atomic E-state index is 10.6. The highest BCUT2D eigenvalue weighted by molar-refractivity contribution is 5.93. The Labute approximate surface area is 74.7 Å². The normalized spacial score (nSPS) is 10.2. The number of carboxylic acids is 1. The number of allylic oxidation sites excluding steroid dienone is 1. The van der Waals surface area contributed by atoms with Crippen LogP contribution in [0.4, 0.5) is 5.82 Å². The molecule has 0 saturated heterocycles. The molecule has 1 rings (SSSR count). The van der Waals surface area contributed by atoms with E-state index in [2.05, 4.69) is 9.94 Å². The molecule has 1 aromatic rings. The molecule has 66 valence electrons.